The highest BCUT2D eigenvalue weighted by atomic mass is 32.2. The van der Waals surface area contributed by atoms with Gasteiger partial charge < -0.3 is 9.73 Å². The number of fused-ring (bicyclic) bond motifs is 1. The Morgan fingerprint density at radius 3 is 2.86 bits per heavy atom. The molecule has 1 aromatic carbocycles. The highest BCUT2D eigenvalue weighted by Gasteiger charge is 2.35. The smallest absolute Gasteiger partial charge is 0.231 e. The SMILES string of the molecule is CCC(=O)N(c1nnc(SCC(=O)N[C@@H](C)c2cc3ccccc3o2)s1)C1CC1. The van der Waals surface area contributed by atoms with Gasteiger partial charge in [0.05, 0.1) is 11.8 Å². The third-order valence-electron chi connectivity index (χ3n) is 4.66. The van der Waals surface area contributed by atoms with Crippen molar-refractivity contribution >= 4 is 51.0 Å². The van der Waals surface area contributed by atoms with Crippen molar-refractivity contribution in [2.75, 3.05) is 10.7 Å². The number of hydrogen-bond acceptors (Lipinski definition) is 7. The minimum Gasteiger partial charge on any atom is -0.459 e. The Bertz CT molecular complexity index is 995. The molecule has 0 aliphatic heterocycles. The summed E-state index contributed by atoms with van der Waals surface area (Å²) < 4.78 is 6.49. The van der Waals surface area contributed by atoms with Crippen molar-refractivity contribution in [1.29, 1.82) is 0 Å². The van der Waals surface area contributed by atoms with E-state index in [0.717, 1.165) is 29.6 Å². The summed E-state index contributed by atoms with van der Waals surface area (Å²) >= 11 is 2.69. The van der Waals surface area contributed by atoms with Gasteiger partial charge in [-0.1, -0.05) is 48.2 Å². The van der Waals surface area contributed by atoms with Gasteiger partial charge in [-0.15, -0.1) is 10.2 Å². The molecule has 1 aliphatic carbocycles. The van der Waals surface area contributed by atoms with E-state index in [0.29, 0.717) is 15.9 Å². The fourth-order valence-electron chi connectivity index (χ4n) is 3.03. The highest BCUT2D eigenvalue weighted by molar-refractivity contribution is 8.01. The number of carbonyl (C=O) groups excluding carboxylic acids is 2. The van der Waals surface area contributed by atoms with E-state index in [9.17, 15) is 9.59 Å². The van der Waals surface area contributed by atoms with Crippen LogP contribution in [0, 0.1) is 0 Å². The van der Waals surface area contributed by atoms with Crippen LogP contribution in [0.5, 0.6) is 0 Å². The number of furan rings is 1. The summed E-state index contributed by atoms with van der Waals surface area (Å²) in [6.45, 7) is 3.75. The first-order valence-corrected chi connectivity index (χ1v) is 11.4. The van der Waals surface area contributed by atoms with Crippen LogP contribution in [0.1, 0.15) is 44.9 Å². The van der Waals surface area contributed by atoms with E-state index in [1.807, 2.05) is 44.2 Å². The first kappa shape index (κ1) is 19.9. The third-order valence-corrected chi connectivity index (χ3v) is 6.72. The zero-order chi connectivity index (χ0) is 20.4. The quantitative estimate of drug-likeness (QED) is 0.426. The van der Waals surface area contributed by atoms with E-state index in [2.05, 4.69) is 15.5 Å². The van der Waals surface area contributed by atoms with E-state index >= 15 is 0 Å². The van der Waals surface area contributed by atoms with Crippen molar-refractivity contribution in [3.8, 4) is 0 Å². The summed E-state index contributed by atoms with van der Waals surface area (Å²) in [5.74, 6) is 0.909. The zero-order valence-corrected chi connectivity index (χ0v) is 17.9. The molecule has 0 unspecified atom stereocenters. The Morgan fingerprint density at radius 1 is 1.34 bits per heavy atom. The fraction of sp³-hybridized carbons (Fsp3) is 0.400. The molecule has 0 bridgehead atoms. The van der Waals surface area contributed by atoms with Gasteiger partial charge in [0.2, 0.25) is 16.9 Å². The van der Waals surface area contributed by atoms with Crippen LogP contribution < -0.4 is 10.2 Å². The summed E-state index contributed by atoms with van der Waals surface area (Å²) in [7, 11) is 0. The Hall–Kier alpha value is -2.39. The maximum Gasteiger partial charge on any atom is 0.231 e. The van der Waals surface area contributed by atoms with E-state index < -0.39 is 0 Å². The fourth-order valence-corrected chi connectivity index (χ4v) is 4.77. The lowest BCUT2D eigenvalue weighted by Gasteiger charge is -2.17. The lowest BCUT2D eigenvalue weighted by Crippen LogP contribution is -2.32. The zero-order valence-electron chi connectivity index (χ0n) is 16.3. The Labute approximate surface area is 176 Å². The number of amides is 2. The molecule has 0 spiro atoms. The molecular weight excluding hydrogens is 408 g/mol. The number of hydrogen-bond donors (Lipinski definition) is 1. The molecule has 9 heteroatoms. The maximum absolute atomic E-state index is 12.3. The molecule has 1 atom stereocenters. The monoisotopic (exact) mass is 430 g/mol. The molecular formula is C20H22N4O3S2. The molecule has 1 aliphatic rings. The largest absolute Gasteiger partial charge is 0.459 e. The van der Waals surface area contributed by atoms with Gasteiger partial charge in [0, 0.05) is 17.8 Å². The van der Waals surface area contributed by atoms with E-state index in [4.69, 9.17) is 4.42 Å². The molecule has 29 heavy (non-hydrogen) atoms. The average molecular weight is 431 g/mol. The van der Waals surface area contributed by atoms with Crippen LogP contribution in [0.15, 0.2) is 39.1 Å². The number of anilines is 1. The molecule has 1 fully saturated rings. The van der Waals surface area contributed by atoms with Crippen LogP contribution in [0.3, 0.4) is 0 Å². The second kappa shape index (κ2) is 8.54. The molecule has 0 radical (unpaired) electrons. The molecule has 152 valence electrons. The van der Waals surface area contributed by atoms with Gasteiger partial charge in [-0.25, -0.2) is 0 Å². The second-order valence-electron chi connectivity index (χ2n) is 6.96. The molecule has 7 nitrogen and oxygen atoms in total. The number of thioether (sulfide) groups is 1. The van der Waals surface area contributed by atoms with Crippen molar-refractivity contribution in [1.82, 2.24) is 15.5 Å². The number of benzene rings is 1. The summed E-state index contributed by atoms with van der Waals surface area (Å²) in [5.41, 5.74) is 0.807. The van der Waals surface area contributed by atoms with Gasteiger partial charge in [-0.3, -0.25) is 14.5 Å². The van der Waals surface area contributed by atoms with Gasteiger partial charge in [0.15, 0.2) is 4.34 Å². The first-order valence-electron chi connectivity index (χ1n) is 9.61. The molecule has 0 saturated heterocycles. The van der Waals surface area contributed by atoms with Gasteiger partial charge in [0.25, 0.3) is 0 Å². The van der Waals surface area contributed by atoms with Crippen molar-refractivity contribution in [3.05, 3.63) is 36.1 Å². The number of nitrogens with zero attached hydrogens (tertiary/aromatic N) is 3. The Balaban J connectivity index is 1.32. The van der Waals surface area contributed by atoms with Crippen LogP contribution in [-0.2, 0) is 9.59 Å². The minimum absolute atomic E-state index is 0.0672. The van der Waals surface area contributed by atoms with Crippen molar-refractivity contribution < 1.29 is 14.0 Å². The third kappa shape index (κ3) is 4.62. The second-order valence-corrected chi connectivity index (χ2v) is 9.14. The number of rotatable bonds is 8. The predicted octanol–water partition coefficient (Wildman–Crippen LogP) is 4.16. The normalized spacial score (nSPS) is 14.7. The summed E-state index contributed by atoms with van der Waals surface area (Å²) in [6, 6.07) is 9.73. The summed E-state index contributed by atoms with van der Waals surface area (Å²) in [4.78, 5) is 26.3. The lowest BCUT2D eigenvalue weighted by molar-refractivity contribution is -0.119. The number of nitrogens with one attached hydrogen (secondary N) is 1. The van der Waals surface area contributed by atoms with Crippen molar-refractivity contribution in [3.63, 3.8) is 0 Å². The van der Waals surface area contributed by atoms with Crippen LogP contribution in [0.4, 0.5) is 5.13 Å². The molecule has 2 amide bonds. The number of para-hydroxylation sites is 1. The molecule has 2 aromatic heterocycles. The van der Waals surface area contributed by atoms with Crippen LogP contribution in [-0.4, -0.2) is 33.8 Å². The van der Waals surface area contributed by atoms with E-state index in [-0.39, 0.29) is 29.7 Å². The van der Waals surface area contributed by atoms with Crippen LogP contribution >= 0.6 is 23.1 Å². The topological polar surface area (TPSA) is 88.3 Å². The average Bonchev–Trinajstić information content (AvgIpc) is 3.27. The molecule has 4 rings (SSSR count). The molecule has 2 heterocycles. The molecule has 1 N–H and O–H groups in total. The van der Waals surface area contributed by atoms with Gasteiger partial charge in [0.1, 0.15) is 11.3 Å². The number of carbonyl (C=O) groups is 2. The number of aromatic nitrogens is 2. The molecule has 1 saturated carbocycles. The van der Waals surface area contributed by atoms with Crippen molar-refractivity contribution in [2.45, 2.75) is 49.5 Å². The maximum atomic E-state index is 12.3. The standard InChI is InChI=1S/C20H22N4O3S2/c1-3-18(26)24(14-8-9-14)19-22-23-20(29-19)28-11-17(25)21-12(2)16-10-13-6-4-5-7-15(13)27-16/h4-7,10,12,14H,3,8-9,11H2,1-2H3,(H,21,25)/t12-/m0/s1. The minimum atomic E-state index is -0.229. The Morgan fingerprint density at radius 2 is 2.14 bits per heavy atom. The predicted molar refractivity (Wildman–Crippen MR) is 114 cm³/mol. The first-order chi connectivity index (χ1) is 14.0. The summed E-state index contributed by atoms with van der Waals surface area (Å²) in [5, 5.41) is 12.9. The van der Waals surface area contributed by atoms with E-state index in [1.54, 1.807) is 4.90 Å². The van der Waals surface area contributed by atoms with Gasteiger partial charge in [-0.05, 0) is 31.9 Å². The van der Waals surface area contributed by atoms with Crippen LogP contribution in [0.25, 0.3) is 11.0 Å². The lowest BCUT2D eigenvalue weighted by atomic mass is 10.2. The summed E-state index contributed by atoms with van der Waals surface area (Å²) in [6.07, 6.45) is 2.46. The molecule has 3 aromatic rings. The van der Waals surface area contributed by atoms with Crippen molar-refractivity contribution in [2.24, 2.45) is 0 Å². The highest BCUT2D eigenvalue weighted by Crippen LogP contribution is 2.36. The Kier molecular flexibility index (Phi) is 5.86. The van der Waals surface area contributed by atoms with Crippen LogP contribution in [0.2, 0.25) is 0 Å². The van der Waals surface area contributed by atoms with Gasteiger partial charge >= 0.3 is 0 Å². The van der Waals surface area contributed by atoms with Gasteiger partial charge in [-0.2, -0.15) is 0 Å². The van der Waals surface area contributed by atoms with E-state index in [1.165, 1.54) is 23.1 Å².